The second-order valence-electron chi connectivity index (χ2n) is 10.3. The Hall–Kier alpha value is -3.14. The topological polar surface area (TPSA) is 83.0 Å². The third kappa shape index (κ3) is 7.00. The molecule has 1 amide bonds. The average Bonchev–Trinajstić information content (AvgIpc) is 2.80. The lowest BCUT2D eigenvalue weighted by molar-refractivity contribution is -0.139. The van der Waals surface area contributed by atoms with E-state index in [1.165, 1.54) is 23.2 Å². The summed E-state index contributed by atoms with van der Waals surface area (Å²) in [5.74, 6) is -1.91. The zero-order chi connectivity index (χ0) is 27.5. The predicted octanol–water partition coefficient (Wildman–Crippen LogP) is 6.22. The van der Waals surface area contributed by atoms with Gasteiger partial charge in [-0.3, -0.25) is 4.79 Å². The van der Waals surface area contributed by atoms with Gasteiger partial charge in [-0.15, -0.1) is 0 Å². The highest BCUT2D eigenvalue weighted by Crippen LogP contribution is 2.39. The fraction of sp³-hybridized carbons (Fsp3) is 0.519. The van der Waals surface area contributed by atoms with E-state index in [1.54, 1.807) is 32.8 Å². The molecule has 1 fully saturated rings. The summed E-state index contributed by atoms with van der Waals surface area (Å²) in [5, 5.41) is 9.92. The second kappa shape index (κ2) is 11.5. The van der Waals surface area contributed by atoms with Crippen LogP contribution in [0, 0.1) is 11.8 Å². The molecule has 0 bridgehead atoms. The van der Waals surface area contributed by atoms with Crippen molar-refractivity contribution in [1.29, 1.82) is 0 Å². The zero-order valence-electron chi connectivity index (χ0n) is 21.8. The molecule has 1 heterocycles. The normalized spacial score (nSPS) is 18.2. The molecule has 202 valence electrons. The molecule has 1 aliphatic rings. The van der Waals surface area contributed by atoms with Gasteiger partial charge in [-0.25, -0.2) is 9.78 Å². The number of amides is 1. The number of carbonyl (C=O) groups excluding carboxylic acids is 1. The molecular formula is C27H34F3N3O4. The number of carboxylic acid groups (broad SMARTS) is 1. The minimum Gasteiger partial charge on any atom is -0.478 e. The molecule has 1 N–H and O–H groups in total. The number of pyridine rings is 1. The van der Waals surface area contributed by atoms with E-state index in [4.69, 9.17) is 4.74 Å². The Bertz CT molecular complexity index is 1130. The standard InChI is InChI=1S/C27H34F3N3O4/c1-16(2)33(25(34)19-8-6-17(3)7-9-19)23-11-10-20(13-21(23)26(35)36)37-24-22(27(28,29)30)12-18(14-31-24)15-32(4)5/h10-14,16-17,19H,6-9,15H2,1-5H3,(H,35,36). The predicted molar refractivity (Wildman–Crippen MR) is 134 cm³/mol. The smallest absolute Gasteiger partial charge is 0.421 e. The van der Waals surface area contributed by atoms with Crippen LogP contribution in [0.25, 0.3) is 0 Å². The van der Waals surface area contributed by atoms with Crippen molar-refractivity contribution >= 4 is 17.6 Å². The summed E-state index contributed by atoms with van der Waals surface area (Å²) in [4.78, 5) is 32.7. The summed E-state index contributed by atoms with van der Waals surface area (Å²) < 4.78 is 46.7. The number of halogens is 3. The Morgan fingerprint density at radius 2 is 1.78 bits per heavy atom. The Balaban J connectivity index is 1.96. The minimum absolute atomic E-state index is 0.123. The Morgan fingerprint density at radius 1 is 1.14 bits per heavy atom. The molecule has 1 aliphatic carbocycles. The van der Waals surface area contributed by atoms with Gasteiger partial charge in [0.2, 0.25) is 11.8 Å². The van der Waals surface area contributed by atoms with E-state index in [0.29, 0.717) is 11.5 Å². The van der Waals surface area contributed by atoms with E-state index in [0.717, 1.165) is 37.8 Å². The highest BCUT2D eigenvalue weighted by Gasteiger charge is 2.36. The number of benzene rings is 1. The van der Waals surface area contributed by atoms with E-state index < -0.39 is 23.6 Å². The number of hydrogen-bond donors (Lipinski definition) is 1. The monoisotopic (exact) mass is 521 g/mol. The summed E-state index contributed by atoms with van der Waals surface area (Å²) in [7, 11) is 3.46. The summed E-state index contributed by atoms with van der Waals surface area (Å²) >= 11 is 0. The van der Waals surface area contributed by atoms with Crippen LogP contribution in [0.3, 0.4) is 0 Å². The van der Waals surface area contributed by atoms with E-state index in [9.17, 15) is 27.9 Å². The maximum absolute atomic E-state index is 13.8. The van der Waals surface area contributed by atoms with Crippen molar-refractivity contribution in [2.75, 3.05) is 19.0 Å². The quantitative estimate of drug-likeness (QED) is 0.444. The summed E-state index contributed by atoms with van der Waals surface area (Å²) in [6, 6.07) is 4.57. The number of nitrogens with zero attached hydrogens (tertiary/aromatic N) is 3. The first-order chi connectivity index (χ1) is 17.3. The van der Waals surface area contributed by atoms with Gasteiger partial charge in [0, 0.05) is 24.7 Å². The van der Waals surface area contributed by atoms with Crippen molar-refractivity contribution in [3.8, 4) is 11.6 Å². The number of carbonyl (C=O) groups is 2. The molecule has 0 atom stereocenters. The molecule has 3 rings (SSSR count). The maximum atomic E-state index is 13.8. The lowest BCUT2D eigenvalue weighted by atomic mass is 9.82. The van der Waals surface area contributed by atoms with Gasteiger partial charge in [0.1, 0.15) is 11.3 Å². The van der Waals surface area contributed by atoms with Crippen LogP contribution in [0.5, 0.6) is 11.6 Å². The first-order valence-electron chi connectivity index (χ1n) is 12.4. The van der Waals surface area contributed by atoms with Crippen molar-refractivity contribution in [2.24, 2.45) is 11.8 Å². The minimum atomic E-state index is -4.72. The molecule has 0 radical (unpaired) electrons. The van der Waals surface area contributed by atoms with Gasteiger partial charge in [0.05, 0.1) is 11.3 Å². The van der Waals surface area contributed by atoms with E-state index in [2.05, 4.69) is 11.9 Å². The molecule has 7 nitrogen and oxygen atoms in total. The molecule has 1 aromatic heterocycles. The maximum Gasteiger partial charge on any atom is 0.421 e. The number of aromatic nitrogens is 1. The highest BCUT2D eigenvalue weighted by atomic mass is 19.4. The second-order valence-corrected chi connectivity index (χ2v) is 10.3. The SMILES string of the molecule is CC1CCC(C(=O)N(c2ccc(Oc3ncc(CN(C)C)cc3C(F)(F)F)cc2C(=O)O)C(C)C)CC1. The Labute approximate surface area is 215 Å². The Kier molecular flexibility index (Phi) is 8.84. The number of ether oxygens (including phenoxy) is 1. The van der Waals surface area contributed by atoms with Gasteiger partial charge in [-0.2, -0.15) is 13.2 Å². The van der Waals surface area contributed by atoms with Crippen molar-refractivity contribution < 1.29 is 32.6 Å². The van der Waals surface area contributed by atoms with E-state index in [1.807, 2.05) is 0 Å². The number of alkyl halides is 3. The number of hydrogen-bond acceptors (Lipinski definition) is 5. The van der Waals surface area contributed by atoms with Crippen LogP contribution in [0.4, 0.5) is 18.9 Å². The first kappa shape index (κ1) is 28.4. The van der Waals surface area contributed by atoms with Crippen LogP contribution in [0.2, 0.25) is 0 Å². The molecule has 0 saturated heterocycles. The third-order valence-corrected chi connectivity index (χ3v) is 6.50. The molecule has 0 unspecified atom stereocenters. The van der Waals surface area contributed by atoms with Gasteiger partial charge in [-0.05, 0) is 89.4 Å². The first-order valence-corrected chi connectivity index (χ1v) is 12.4. The van der Waals surface area contributed by atoms with E-state index >= 15 is 0 Å². The molecule has 10 heteroatoms. The van der Waals surface area contributed by atoms with Gasteiger partial charge in [0.25, 0.3) is 0 Å². The highest BCUT2D eigenvalue weighted by molar-refractivity contribution is 6.03. The van der Waals surface area contributed by atoms with Crippen LogP contribution in [0.15, 0.2) is 30.5 Å². The number of carboxylic acids is 1. The third-order valence-electron chi connectivity index (χ3n) is 6.50. The molecule has 0 spiro atoms. The van der Waals surface area contributed by atoms with Gasteiger partial charge in [-0.1, -0.05) is 6.92 Å². The number of aromatic carboxylic acids is 1. The molecule has 2 aromatic rings. The lowest BCUT2D eigenvalue weighted by Crippen LogP contribution is -2.42. The lowest BCUT2D eigenvalue weighted by Gasteiger charge is -2.34. The zero-order valence-corrected chi connectivity index (χ0v) is 21.8. The van der Waals surface area contributed by atoms with Gasteiger partial charge < -0.3 is 19.6 Å². The molecule has 1 saturated carbocycles. The number of rotatable bonds is 8. The average molecular weight is 522 g/mol. The molecule has 37 heavy (non-hydrogen) atoms. The van der Waals surface area contributed by atoms with Crippen LogP contribution in [-0.2, 0) is 17.5 Å². The van der Waals surface area contributed by atoms with E-state index in [-0.39, 0.29) is 41.4 Å². The summed E-state index contributed by atoms with van der Waals surface area (Å²) in [6.45, 7) is 6.01. The summed E-state index contributed by atoms with van der Waals surface area (Å²) in [6.07, 6.45) is -0.0869. The van der Waals surface area contributed by atoms with Crippen LogP contribution in [-0.4, -0.2) is 47.0 Å². The van der Waals surface area contributed by atoms with Crippen LogP contribution in [0.1, 0.15) is 67.9 Å². The largest absolute Gasteiger partial charge is 0.478 e. The fourth-order valence-corrected chi connectivity index (χ4v) is 4.66. The molecular weight excluding hydrogens is 487 g/mol. The van der Waals surface area contributed by atoms with Crippen molar-refractivity contribution in [3.05, 3.63) is 47.2 Å². The van der Waals surface area contributed by atoms with Crippen molar-refractivity contribution in [2.45, 2.75) is 65.2 Å². The molecule has 0 aliphatic heterocycles. The Morgan fingerprint density at radius 3 is 2.32 bits per heavy atom. The van der Waals surface area contributed by atoms with Crippen LogP contribution < -0.4 is 9.64 Å². The summed E-state index contributed by atoms with van der Waals surface area (Å²) in [5.41, 5.74) is -0.752. The fourth-order valence-electron chi connectivity index (χ4n) is 4.66. The van der Waals surface area contributed by atoms with Crippen LogP contribution >= 0.6 is 0 Å². The van der Waals surface area contributed by atoms with Crippen molar-refractivity contribution in [3.63, 3.8) is 0 Å². The number of anilines is 1. The molecule has 1 aromatic carbocycles. The van der Waals surface area contributed by atoms with Gasteiger partial charge in [0.15, 0.2) is 0 Å². The van der Waals surface area contributed by atoms with Gasteiger partial charge >= 0.3 is 12.1 Å². The van der Waals surface area contributed by atoms with Crippen molar-refractivity contribution in [1.82, 2.24) is 9.88 Å².